The smallest absolute Gasteiger partial charge is 0.252 e. The number of aryl methyl sites for hydroxylation is 1. The van der Waals surface area contributed by atoms with E-state index in [9.17, 15) is 4.79 Å². The Bertz CT molecular complexity index is 763. The molecule has 2 aromatic carbocycles. The van der Waals surface area contributed by atoms with Crippen LogP contribution in [0.5, 0.6) is 5.75 Å². The minimum Gasteiger partial charge on any atom is -0.492 e. The van der Waals surface area contributed by atoms with Gasteiger partial charge < -0.3 is 20.7 Å². The molecule has 0 aromatic heterocycles. The average molecular weight is 389 g/mol. The van der Waals surface area contributed by atoms with Crippen molar-refractivity contribution in [1.82, 2.24) is 16.0 Å². The van der Waals surface area contributed by atoms with Crippen molar-refractivity contribution >= 4 is 23.5 Å². The van der Waals surface area contributed by atoms with Gasteiger partial charge in [0, 0.05) is 20.1 Å². The van der Waals surface area contributed by atoms with Gasteiger partial charge in [-0.1, -0.05) is 41.4 Å². The summed E-state index contributed by atoms with van der Waals surface area (Å²) in [4.78, 5) is 16.2. The van der Waals surface area contributed by atoms with Crippen LogP contribution in [0.2, 0.25) is 5.02 Å². The first kappa shape index (κ1) is 20.6. The molecule has 0 aliphatic rings. The van der Waals surface area contributed by atoms with Gasteiger partial charge in [0.2, 0.25) is 0 Å². The second-order valence-corrected chi connectivity index (χ2v) is 6.23. The molecule has 2 rings (SSSR count). The molecular formula is C20H25ClN4O2. The lowest BCUT2D eigenvalue weighted by atomic mass is 10.2. The number of hydrogen-bond acceptors (Lipinski definition) is 3. The molecule has 0 spiro atoms. The molecule has 0 fully saturated rings. The van der Waals surface area contributed by atoms with Gasteiger partial charge in [0.05, 0.1) is 17.1 Å². The number of halogens is 1. The molecule has 6 nitrogen and oxygen atoms in total. The summed E-state index contributed by atoms with van der Waals surface area (Å²) in [7, 11) is 1.69. The lowest BCUT2D eigenvalue weighted by Gasteiger charge is -2.13. The molecule has 27 heavy (non-hydrogen) atoms. The Kier molecular flexibility index (Phi) is 8.45. The lowest BCUT2D eigenvalue weighted by molar-refractivity contribution is 0.0954. The molecule has 0 bridgehead atoms. The summed E-state index contributed by atoms with van der Waals surface area (Å²) in [5, 5.41) is 9.55. The Morgan fingerprint density at radius 1 is 1.00 bits per heavy atom. The number of nitrogens with zero attached hydrogens (tertiary/aromatic N) is 1. The van der Waals surface area contributed by atoms with Crippen LogP contribution in [-0.4, -0.2) is 45.2 Å². The number of amides is 1. The number of nitrogens with one attached hydrogen (secondary N) is 3. The van der Waals surface area contributed by atoms with Crippen LogP contribution in [0.1, 0.15) is 15.9 Å². The Labute approximate surface area is 165 Å². The second-order valence-electron chi connectivity index (χ2n) is 5.82. The topological polar surface area (TPSA) is 74.8 Å². The van der Waals surface area contributed by atoms with Gasteiger partial charge in [0.15, 0.2) is 5.96 Å². The SMILES string of the molecule is CN=C(NCCNC(=O)c1ccccc1Cl)NCCOc1ccc(C)cc1. The van der Waals surface area contributed by atoms with Crippen molar-refractivity contribution in [3.8, 4) is 5.75 Å². The van der Waals surface area contributed by atoms with Crippen LogP contribution in [0.25, 0.3) is 0 Å². The van der Waals surface area contributed by atoms with Crippen molar-refractivity contribution in [2.24, 2.45) is 4.99 Å². The first-order valence-electron chi connectivity index (χ1n) is 8.77. The third-order valence-electron chi connectivity index (χ3n) is 3.73. The van der Waals surface area contributed by atoms with Crippen molar-refractivity contribution in [1.29, 1.82) is 0 Å². The maximum atomic E-state index is 12.1. The molecule has 2 aromatic rings. The highest BCUT2D eigenvalue weighted by atomic mass is 35.5. The Morgan fingerprint density at radius 2 is 1.67 bits per heavy atom. The van der Waals surface area contributed by atoms with Crippen molar-refractivity contribution in [3.63, 3.8) is 0 Å². The van der Waals surface area contributed by atoms with E-state index in [1.807, 2.05) is 31.2 Å². The minimum atomic E-state index is -0.197. The number of ether oxygens (including phenoxy) is 1. The van der Waals surface area contributed by atoms with Crippen LogP contribution in [0.3, 0.4) is 0 Å². The molecular weight excluding hydrogens is 364 g/mol. The van der Waals surface area contributed by atoms with Crippen LogP contribution in [0.4, 0.5) is 0 Å². The second kappa shape index (κ2) is 11.1. The highest BCUT2D eigenvalue weighted by Gasteiger charge is 2.08. The van der Waals surface area contributed by atoms with Crippen LogP contribution < -0.4 is 20.7 Å². The van der Waals surface area contributed by atoms with Gasteiger partial charge in [-0.3, -0.25) is 9.79 Å². The molecule has 0 radical (unpaired) electrons. The van der Waals surface area contributed by atoms with Gasteiger partial charge in [-0.15, -0.1) is 0 Å². The van der Waals surface area contributed by atoms with Gasteiger partial charge in [-0.25, -0.2) is 0 Å². The maximum Gasteiger partial charge on any atom is 0.252 e. The number of aliphatic imine (C=N–C) groups is 1. The molecule has 144 valence electrons. The summed E-state index contributed by atoms with van der Waals surface area (Å²) < 4.78 is 5.66. The molecule has 7 heteroatoms. The monoisotopic (exact) mass is 388 g/mol. The number of rotatable bonds is 8. The Morgan fingerprint density at radius 3 is 2.37 bits per heavy atom. The van der Waals surface area contributed by atoms with Crippen LogP contribution in [-0.2, 0) is 0 Å². The molecule has 0 aliphatic heterocycles. The molecule has 3 N–H and O–H groups in total. The highest BCUT2D eigenvalue weighted by Crippen LogP contribution is 2.14. The normalized spacial score (nSPS) is 11.0. The standard InChI is InChI=1S/C20H25ClN4O2/c1-15-7-9-16(10-8-15)27-14-13-25-20(22-2)24-12-11-23-19(26)17-5-3-4-6-18(17)21/h3-10H,11-14H2,1-2H3,(H,23,26)(H2,22,24,25). The summed E-state index contributed by atoms with van der Waals surface area (Å²) in [6, 6.07) is 14.9. The molecule has 1 amide bonds. The molecule has 0 aliphatic carbocycles. The molecule has 0 atom stereocenters. The van der Waals surface area contributed by atoms with E-state index in [4.69, 9.17) is 16.3 Å². The van der Waals surface area contributed by atoms with Crippen molar-refractivity contribution in [2.45, 2.75) is 6.92 Å². The van der Waals surface area contributed by atoms with Gasteiger partial charge in [0.1, 0.15) is 12.4 Å². The number of carbonyl (C=O) groups excluding carboxylic acids is 1. The Balaban J connectivity index is 1.62. The van der Waals surface area contributed by atoms with E-state index < -0.39 is 0 Å². The zero-order valence-electron chi connectivity index (χ0n) is 15.6. The Hall–Kier alpha value is -2.73. The summed E-state index contributed by atoms with van der Waals surface area (Å²) >= 11 is 6.01. The fraction of sp³-hybridized carbons (Fsp3) is 0.300. The summed E-state index contributed by atoms with van der Waals surface area (Å²) in [5.41, 5.74) is 1.67. The summed E-state index contributed by atoms with van der Waals surface area (Å²) in [5.74, 6) is 1.29. The first-order valence-corrected chi connectivity index (χ1v) is 9.14. The predicted octanol–water partition coefficient (Wildman–Crippen LogP) is 2.62. The fourth-order valence-electron chi connectivity index (χ4n) is 2.29. The van der Waals surface area contributed by atoms with E-state index in [1.165, 1.54) is 5.56 Å². The van der Waals surface area contributed by atoms with E-state index in [-0.39, 0.29) is 5.91 Å². The van der Waals surface area contributed by atoms with Gasteiger partial charge in [-0.2, -0.15) is 0 Å². The third-order valence-corrected chi connectivity index (χ3v) is 4.06. The van der Waals surface area contributed by atoms with Crippen LogP contribution in [0.15, 0.2) is 53.5 Å². The minimum absolute atomic E-state index is 0.197. The van der Waals surface area contributed by atoms with Crippen LogP contribution in [0, 0.1) is 6.92 Å². The van der Waals surface area contributed by atoms with E-state index in [0.29, 0.717) is 42.8 Å². The van der Waals surface area contributed by atoms with Crippen molar-refractivity contribution in [3.05, 3.63) is 64.7 Å². The van der Waals surface area contributed by atoms with Crippen molar-refractivity contribution < 1.29 is 9.53 Å². The number of benzene rings is 2. The molecule has 0 unspecified atom stereocenters. The number of hydrogen-bond donors (Lipinski definition) is 3. The largest absolute Gasteiger partial charge is 0.492 e. The summed E-state index contributed by atoms with van der Waals surface area (Å²) in [6.45, 7) is 4.16. The van der Waals surface area contributed by atoms with E-state index >= 15 is 0 Å². The average Bonchev–Trinajstić information content (AvgIpc) is 2.68. The zero-order valence-corrected chi connectivity index (χ0v) is 16.3. The predicted molar refractivity (Wildman–Crippen MR) is 110 cm³/mol. The maximum absolute atomic E-state index is 12.1. The van der Waals surface area contributed by atoms with Crippen molar-refractivity contribution in [2.75, 3.05) is 33.3 Å². The van der Waals surface area contributed by atoms with E-state index in [0.717, 1.165) is 5.75 Å². The quantitative estimate of drug-likeness (QED) is 0.369. The van der Waals surface area contributed by atoms with Gasteiger partial charge in [-0.05, 0) is 31.2 Å². The van der Waals surface area contributed by atoms with E-state index in [2.05, 4.69) is 20.9 Å². The summed E-state index contributed by atoms with van der Waals surface area (Å²) in [6.07, 6.45) is 0. The first-order chi connectivity index (χ1) is 13.1. The lowest BCUT2D eigenvalue weighted by Crippen LogP contribution is -2.42. The van der Waals surface area contributed by atoms with Gasteiger partial charge in [0.25, 0.3) is 5.91 Å². The molecule has 0 saturated carbocycles. The number of guanidine groups is 1. The fourth-order valence-corrected chi connectivity index (χ4v) is 2.51. The van der Waals surface area contributed by atoms with Crippen LogP contribution >= 0.6 is 11.6 Å². The van der Waals surface area contributed by atoms with Gasteiger partial charge >= 0.3 is 0 Å². The third kappa shape index (κ3) is 7.19. The molecule has 0 saturated heterocycles. The zero-order chi connectivity index (χ0) is 19.5. The number of carbonyl (C=O) groups is 1. The van der Waals surface area contributed by atoms with E-state index in [1.54, 1.807) is 31.3 Å². The highest BCUT2D eigenvalue weighted by molar-refractivity contribution is 6.33. The molecule has 0 heterocycles.